The van der Waals surface area contributed by atoms with Gasteiger partial charge in [0.2, 0.25) is 12.4 Å². The van der Waals surface area contributed by atoms with E-state index in [2.05, 4.69) is 18.2 Å². The van der Waals surface area contributed by atoms with E-state index in [9.17, 15) is 5.21 Å². The van der Waals surface area contributed by atoms with Crippen molar-refractivity contribution >= 4 is 0 Å². The summed E-state index contributed by atoms with van der Waals surface area (Å²) in [5.74, 6) is 0. The summed E-state index contributed by atoms with van der Waals surface area (Å²) in [5, 5.41) is 9.43. The molecule has 1 aliphatic carbocycles. The van der Waals surface area contributed by atoms with Crippen LogP contribution in [-0.4, -0.2) is 5.21 Å². The maximum Gasteiger partial charge on any atom is 0.230 e. The van der Waals surface area contributed by atoms with Crippen LogP contribution in [-0.2, 0) is 12.8 Å². The van der Waals surface area contributed by atoms with E-state index < -0.39 is 0 Å². The van der Waals surface area contributed by atoms with Gasteiger partial charge in [0, 0.05) is 10.8 Å². The Morgan fingerprint density at radius 2 is 1.67 bits per heavy atom. The van der Waals surface area contributed by atoms with E-state index in [-0.39, 0.29) is 0 Å². The Morgan fingerprint density at radius 1 is 0.933 bits per heavy atom. The summed E-state index contributed by atoms with van der Waals surface area (Å²) in [6.45, 7) is 0. The zero-order valence-corrected chi connectivity index (χ0v) is 8.35. The third-order valence-corrected chi connectivity index (χ3v) is 3.01. The van der Waals surface area contributed by atoms with Gasteiger partial charge >= 0.3 is 0 Å². The zero-order valence-electron chi connectivity index (χ0n) is 8.35. The first kappa shape index (κ1) is 8.48. The maximum absolute atomic E-state index is 9.43. The number of hydrogen-bond acceptors (Lipinski definition) is 1. The molecule has 0 bridgehead atoms. The number of aryl methyl sites for hydroxylation is 2. The minimum atomic E-state index is 1.06. The molecular formula is C13H12NO+. The van der Waals surface area contributed by atoms with Gasteiger partial charge in [0.05, 0.1) is 5.56 Å². The van der Waals surface area contributed by atoms with Crippen LogP contribution in [0.4, 0.5) is 0 Å². The van der Waals surface area contributed by atoms with Crippen molar-refractivity contribution in [3.8, 4) is 11.1 Å². The van der Waals surface area contributed by atoms with Gasteiger partial charge in [-0.05, 0) is 29.5 Å². The van der Waals surface area contributed by atoms with Gasteiger partial charge in [0.15, 0.2) is 0 Å². The van der Waals surface area contributed by atoms with Crippen molar-refractivity contribution in [3.63, 3.8) is 0 Å². The Kier molecular flexibility index (Phi) is 1.75. The van der Waals surface area contributed by atoms with Crippen molar-refractivity contribution in [2.24, 2.45) is 0 Å². The molecule has 0 amide bonds. The predicted molar refractivity (Wildman–Crippen MR) is 56.7 cm³/mol. The first-order valence-electron chi connectivity index (χ1n) is 5.16. The van der Waals surface area contributed by atoms with Crippen LogP contribution in [0.15, 0.2) is 42.7 Å². The molecule has 1 aromatic heterocycles. The number of nitrogens with zero attached hydrogens (tertiary/aromatic N) is 1. The number of hydrogen-bond donors (Lipinski definition) is 1. The van der Waals surface area contributed by atoms with Gasteiger partial charge in [-0.25, -0.2) is 0 Å². The summed E-state index contributed by atoms with van der Waals surface area (Å²) in [4.78, 5) is 0. The van der Waals surface area contributed by atoms with Gasteiger partial charge in [0.1, 0.15) is 0 Å². The standard InChI is InChI=1S/C13H12NO/c15-14-8-7-11-6-5-10-3-1-2-4-12(10)13(11)9-14/h1-4,7-9,15H,5-6H2/q+1. The van der Waals surface area contributed by atoms with Gasteiger partial charge < -0.3 is 0 Å². The normalized spacial score (nSPS) is 13.1. The molecule has 2 aromatic rings. The van der Waals surface area contributed by atoms with Gasteiger partial charge in [-0.2, -0.15) is 0 Å². The van der Waals surface area contributed by atoms with Crippen LogP contribution in [0.3, 0.4) is 0 Å². The molecule has 3 rings (SSSR count). The summed E-state index contributed by atoms with van der Waals surface area (Å²) in [7, 11) is 0. The Balaban J connectivity index is 2.28. The van der Waals surface area contributed by atoms with E-state index in [1.54, 1.807) is 12.4 Å². The second-order valence-corrected chi connectivity index (χ2v) is 3.92. The van der Waals surface area contributed by atoms with Crippen LogP contribution in [0, 0.1) is 0 Å². The van der Waals surface area contributed by atoms with E-state index >= 15 is 0 Å². The van der Waals surface area contributed by atoms with Crippen molar-refractivity contribution in [1.82, 2.24) is 0 Å². The lowest BCUT2D eigenvalue weighted by atomic mass is 9.87. The fourth-order valence-electron chi connectivity index (χ4n) is 2.25. The zero-order chi connectivity index (χ0) is 10.3. The van der Waals surface area contributed by atoms with Crippen molar-refractivity contribution in [1.29, 1.82) is 0 Å². The molecule has 0 spiro atoms. The number of pyridine rings is 1. The molecule has 1 aliphatic rings. The Morgan fingerprint density at radius 3 is 2.53 bits per heavy atom. The highest BCUT2D eigenvalue weighted by atomic mass is 16.5. The van der Waals surface area contributed by atoms with E-state index in [1.807, 2.05) is 12.1 Å². The minimum absolute atomic E-state index is 1.06. The molecule has 0 fully saturated rings. The van der Waals surface area contributed by atoms with E-state index in [4.69, 9.17) is 0 Å². The second kappa shape index (κ2) is 3.09. The van der Waals surface area contributed by atoms with Crippen LogP contribution in [0.5, 0.6) is 0 Å². The Bertz CT molecular complexity index is 520. The molecule has 0 saturated carbocycles. The van der Waals surface area contributed by atoms with Crippen LogP contribution in [0.2, 0.25) is 0 Å². The van der Waals surface area contributed by atoms with Crippen LogP contribution < -0.4 is 4.73 Å². The highest BCUT2D eigenvalue weighted by molar-refractivity contribution is 5.71. The molecule has 2 heteroatoms. The average molecular weight is 198 g/mol. The molecule has 0 atom stereocenters. The molecule has 2 nitrogen and oxygen atoms in total. The average Bonchev–Trinajstić information content (AvgIpc) is 2.29. The van der Waals surface area contributed by atoms with Crippen LogP contribution in [0.25, 0.3) is 11.1 Å². The quantitative estimate of drug-likeness (QED) is 0.508. The summed E-state index contributed by atoms with van der Waals surface area (Å²) in [6, 6.07) is 10.4. The number of rotatable bonds is 0. The summed E-state index contributed by atoms with van der Waals surface area (Å²) >= 11 is 0. The van der Waals surface area contributed by atoms with Gasteiger partial charge in [0.25, 0.3) is 0 Å². The minimum Gasteiger partial charge on any atom is -0.285 e. The monoisotopic (exact) mass is 198 g/mol. The van der Waals surface area contributed by atoms with Crippen molar-refractivity contribution in [2.75, 3.05) is 0 Å². The van der Waals surface area contributed by atoms with E-state index in [0.717, 1.165) is 23.1 Å². The van der Waals surface area contributed by atoms with Gasteiger partial charge in [-0.3, -0.25) is 5.21 Å². The number of benzene rings is 1. The van der Waals surface area contributed by atoms with Crippen molar-refractivity contribution in [2.45, 2.75) is 12.8 Å². The molecule has 15 heavy (non-hydrogen) atoms. The molecule has 0 aliphatic heterocycles. The first-order valence-corrected chi connectivity index (χ1v) is 5.16. The summed E-state index contributed by atoms with van der Waals surface area (Å²) in [6.07, 6.45) is 5.63. The fraction of sp³-hybridized carbons (Fsp3) is 0.154. The third kappa shape index (κ3) is 1.30. The highest BCUT2D eigenvalue weighted by Crippen LogP contribution is 2.31. The second-order valence-electron chi connectivity index (χ2n) is 3.92. The number of aromatic nitrogens is 1. The Labute approximate surface area is 88.4 Å². The Hall–Kier alpha value is -1.83. The molecular weight excluding hydrogens is 186 g/mol. The van der Waals surface area contributed by atoms with Gasteiger partial charge in [-0.15, -0.1) is 0 Å². The number of fused-ring (bicyclic) bond motifs is 3. The molecule has 0 unspecified atom stereocenters. The molecule has 1 heterocycles. The van der Waals surface area contributed by atoms with E-state index in [1.165, 1.54) is 16.7 Å². The van der Waals surface area contributed by atoms with E-state index in [0.29, 0.717) is 0 Å². The topological polar surface area (TPSA) is 24.1 Å². The molecule has 1 aromatic carbocycles. The summed E-state index contributed by atoms with van der Waals surface area (Å²) < 4.78 is 1.13. The SMILES string of the molecule is O[n+]1ccc2c(c1)-c1ccccc1CC2. The third-order valence-electron chi connectivity index (χ3n) is 3.01. The smallest absolute Gasteiger partial charge is 0.230 e. The predicted octanol–water partition coefficient (Wildman–Crippen LogP) is 1.98. The van der Waals surface area contributed by atoms with Crippen molar-refractivity contribution < 1.29 is 9.94 Å². The lowest BCUT2D eigenvalue weighted by Crippen LogP contribution is -2.29. The molecule has 74 valence electrons. The molecule has 0 radical (unpaired) electrons. The summed E-state index contributed by atoms with van der Waals surface area (Å²) in [5.41, 5.74) is 5.10. The lowest BCUT2D eigenvalue weighted by Gasteiger charge is -2.16. The van der Waals surface area contributed by atoms with Crippen LogP contribution in [0.1, 0.15) is 11.1 Å². The van der Waals surface area contributed by atoms with Crippen LogP contribution >= 0.6 is 0 Å². The highest BCUT2D eigenvalue weighted by Gasteiger charge is 2.18. The molecule has 0 saturated heterocycles. The largest absolute Gasteiger partial charge is 0.285 e. The first-order chi connectivity index (χ1) is 7.34. The van der Waals surface area contributed by atoms with Crippen molar-refractivity contribution in [3.05, 3.63) is 53.9 Å². The maximum atomic E-state index is 9.43. The fourth-order valence-corrected chi connectivity index (χ4v) is 2.25. The lowest BCUT2D eigenvalue weighted by molar-refractivity contribution is -0.904. The molecule has 1 N–H and O–H groups in total. The van der Waals surface area contributed by atoms with Gasteiger partial charge in [-0.1, -0.05) is 24.3 Å².